The Morgan fingerprint density at radius 3 is 1.95 bits per heavy atom. The smallest absolute Gasteiger partial charge is 0.329 e. The maximum atomic E-state index is 12.9. The summed E-state index contributed by atoms with van der Waals surface area (Å²) < 4.78 is 16.1. The number of esters is 3. The highest BCUT2D eigenvalue weighted by Crippen LogP contribution is 2.13. The van der Waals surface area contributed by atoms with E-state index in [0.29, 0.717) is 5.82 Å². The number of ether oxygens (including phenoxy) is 3. The number of urea groups is 1. The van der Waals surface area contributed by atoms with E-state index in [0.717, 1.165) is 5.56 Å². The molecule has 2 aromatic rings. The van der Waals surface area contributed by atoms with Crippen LogP contribution < -0.4 is 10.6 Å². The summed E-state index contributed by atoms with van der Waals surface area (Å²) in [5, 5.41) is 18.4. The van der Waals surface area contributed by atoms with Gasteiger partial charge < -0.3 is 24.8 Å². The first-order chi connectivity index (χ1) is 18.2. The number of rotatable bonds is 12. The summed E-state index contributed by atoms with van der Waals surface area (Å²) in [5.41, 5.74) is -0.798. The Kier molecular flexibility index (Phi) is 11.4. The molecule has 214 valence electrons. The van der Waals surface area contributed by atoms with Gasteiger partial charge in [-0.2, -0.15) is 0 Å². The average molecular weight is 547 g/mol. The lowest BCUT2D eigenvalue weighted by Crippen LogP contribution is -2.53. The zero-order valence-corrected chi connectivity index (χ0v) is 23.3. The van der Waals surface area contributed by atoms with Gasteiger partial charge in [0.15, 0.2) is 0 Å². The molecule has 1 heterocycles. The van der Waals surface area contributed by atoms with Gasteiger partial charge in [-0.3, -0.25) is 4.79 Å². The normalized spacial score (nSPS) is 13.1. The molecule has 0 saturated carbocycles. The van der Waals surface area contributed by atoms with Crippen LogP contribution >= 0.6 is 0 Å². The first kappa shape index (κ1) is 31.2. The van der Waals surface area contributed by atoms with Crippen LogP contribution in [0.3, 0.4) is 0 Å². The number of hydrogen-bond acceptors (Lipinski definition) is 10. The number of aryl methyl sites for hydroxylation is 1. The Hall–Kier alpha value is -4.03. The van der Waals surface area contributed by atoms with Crippen LogP contribution in [0.2, 0.25) is 0 Å². The number of nitrogens with one attached hydrogen (secondary N) is 3. The van der Waals surface area contributed by atoms with Crippen molar-refractivity contribution < 1.29 is 33.4 Å². The predicted octanol–water partition coefficient (Wildman–Crippen LogP) is 2.38. The highest BCUT2D eigenvalue weighted by atomic mass is 16.6. The monoisotopic (exact) mass is 546 g/mol. The molecule has 13 heteroatoms. The van der Waals surface area contributed by atoms with Crippen molar-refractivity contribution in [1.29, 1.82) is 0 Å². The molecule has 13 nitrogen and oxygen atoms in total. The lowest BCUT2D eigenvalue weighted by molar-refractivity contribution is -0.158. The second-order valence-corrected chi connectivity index (χ2v) is 10.9. The summed E-state index contributed by atoms with van der Waals surface area (Å²) in [4.78, 5) is 50.9. The number of aromatic amines is 1. The minimum absolute atomic E-state index is 0.0726. The highest BCUT2D eigenvalue weighted by Gasteiger charge is 2.31. The summed E-state index contributed by atoms with van der Waals surface area (Å²) in [5.74, 6) is -1.51. The number of aromatic nitrogens is 4. The van der Waals surface area contributed by atoms with Crippen LogP contribution in [0.5, 0.6) is 0 Å². The molecule has 1 aromatic carbocycles. The molecule has 2 rings (SSSR count). The fourth-order valence-corrected chi connectivity index (χ4v) is 3.24. The van der Waals surface area contributed by atoms with Crippen molar-refractivity contribution in [2.45, 2.75) is 97.1 Å². The van der Waals surface area contributed by atoms with E-state index in [1.807, 2.05) is 30.3 Å². The Labute approximate surface area is 227 Å². The number of benzene rings is 1. The van der Waals surface area contributed by atoms with Gasteiger partial charge in [0.25, 0.3) is 0 Å². The molecule has 0 radical (unpaired) electrons. The van der Waals surface area contributed by atoms with Crippen LogP contribution in [0, 0.1) is 0 Å². The molecular formula is C26H38N6O7. The summed E-state index contributed by atoms with van der Waals surface area (Å²) in [6.45, 7) is 10.3. The van der Waals surface area contributed by atoms with Gasteiger partial charge in [0, 0.05) is 12.8 Å². The topological polar surface area (TPSA) is 174 Å². The van der Waals surface area contributed by atoms with E-state index in [-0.39, 0.29) is 32.3 Å². The van der Waals surface area contributed by atoms with E-state index in [4.69, 9.17) is 14.2 Å². The molecule has 0 aliphatic carbocycles. The van der Waals surface area contributed by atoms with Gasteiger partial charge >= 0.3 is 23.9 Å². The van der Waals surface area contributed by atoms with Crippen molar-refractivity contribution in [2.24, 2.45) is 0 Å². The second-order valence-electron chi connectivity index (χ2n) is 10.9. The lowest BCUT2D eigenvalue weighted by Gasteiger charge is -2.26. The van der Waals surface area contributed by atoms with E-state index in [2.05, 4.69) is 31.3 Å². The van der Waals surface area contributed by atoms with Crippen molar-refractivity contribution in [3.63, 3.8) is 0 Å². The summed E-state index contributed by atoms with van der Waals surface area (Å²) in [6, 6.07) is 6.11. The number of hydrogen-bond donors (Lipinski definition) is 3. The average Bonchev–Trinajstić information content (AvgIpc) is 3.35. The largest absolute Gasteiger partial charge is 0.461 e. The van der Waals surface area contributed by atoms with Gasteiger partial charge in [0.05, 0.1) is 0 Å². The third kappa shape index (κ3) is 12.9. The Morgan fingerprint density at radius 1 is 0.872 bits per heavy atom. The molecule has 0 fully saturated rings. The maximum absolute atomic E-state index is 12.9. The van der Waals surface area contributed by atoms with E-state index in [1.165, 1.54) is 0 Å². The molecule has 0 aliphatic heterocycles. The molecule has 3 N–H and O–H groups in total. The SMILES string of the molecule is CC(C)(C)OC(=O)[C@H](CCC(=O)OCc1ccccc1)NC(=O)N[C@@H](CCc1nnn[nH]1)C(=O)OC(C)(C)C. The van der Waals surface area contributed by atoms with Crippen LogP contribution in [0.15, 0.2) is 30.3 Å². The quantitative estimate of drug-likeness (QED) is 0.265. The Morgan fingerprint density at radius 2 is 1.44 bits per heavy atom. The molecule has 0 saturated heterocycles. The van der Waals surface area contributed by atoms with Gasteiger partial charge in [-0.05, 0) is 70.4 Å². The number of carbonyl (C=O) groups excluding carboxylic acids is 4. The van der Waals surface area contributed by atoms with E-state index in [1.54, 1.807) is 41.5 Å². The molecule has 0 aliphatic rings. The van der Waals surface area contributed by atoms with Crippen molar-refractivity contribution in [1.82, 2.24) is 31.3 Å². The Bertz CT molecular complexity index is 1080. The van der Waals surface area contributed by atoms with Crippen LogP contribution in [0.4, 0.5) is 4.79 Å². The van der Waals surface area contributed by atoms with Crippen LogP contribution in [-0.2, 0) is 41.6 Å². The lowest BCUT2D eigenvalue weighted by atomic mass is 10.1. The van der Waals surface area contributed by atoms with Crippen LogP contribution in [-0.4, -0.2) is 67.8 Å². The number of carbonyl (C=O) groups is 4. The highest BCUT2D eigenvalue weighted by molar-refractivity contribution is 5.87. The molecule has 1 aromatic heterocycles. The fraction of sp³-hybridized carbons (Fsp3) is 0.577. The molecule has 0 bridgehead atoms. The summed E-state index contributed by atoms with van der Waals surface area (Å²) in [6.07, 6.45) is 0.157. The minimum atomic E-state index is -1.17. The third-order valence-corrected chi connectivity index (χ3v) is 4.93. The first-order valence-corrected chi connectivity index (χ1v) is 12.7. The molecular weight excluding hydrogens is 508 g/mol. The van der Waals surface area contributed by atoms with E-state index >= 15 is 0 Å². The van der Waals surface area contributed by atoms with Crippen molar-refractivity contribution in [2.75, 3.05) is 0 Å². The minimum Gasteiger partial charge on any atom is -0.461 e. The summed E-state index contributed by atoms with van der Waals surface area (Å²) >= 11 is 0. The Balaban J connectivity index is 2.04. The van der Waals surface area contributed by atoms with Gasteiger partial charge in [0.2, 0.25) is 0 Å². The van der Waals surface area contributed by atoms with E-state index in [9.17, 15) is 19.2 Å². The summed E-state index contributed by atoms with van der Waals surface area (Å²) in [7, 11) is 0. The van der Waals surface area contributed by atoms with Crippen molar-refractivity contribution >= 4 is 23.9 Å². The third-order valence-electron chi connectivity index (χ3n) is 4.93. The molecule has 2 amide bonds. The van der Waals surface area contributed by atoms with Crippen LogP contribution in [0.1, 0.15) is 72.2 Å². The van der Waals surface area contributed by atoms with E-state index < -0.39 is 47.2 Å². The van der Waals surface area contributed by atoms with Gasteiger partial charge in [-0.15, -0.1) is 5.10 Å². The number of tetrazole rings is 1. The standard InChI is InChI=1S/C26H38N6O7/c1-25(2,3)38-22(34)18(12-14-20-29-31-32-30-20)27-24(36)28-19(23(35)39-26(4,5)6)13-15-21(33)37-16-17-10-8-7-9-11-17/h7-11,18-19H,12-16H2,1-6H3,(H2,27,28,36)(H,29,30,31,32)/t18-,19-/m0/s1. The number of nitrogens with zero attached hydrogens (tertiary/aromatic N) is 3. The molecule has 39 heavy (non-hydrogen) atoms. The number of H-pyrrole nitrogens is 1. The zero-order chi connectivity index (χ0) is 29.1. The molecule has 0 unspecified atom stereocenters. The predicted molar refractivity (Wildman–Crippen MR) is 139 cm³/mol. The molecule has 0 spiro atoms. The van der Waals surface area contributed by atoms with Gasteiger partial charge in [-0.25, -0.2) is 19.5 Å². The second kappa shape index (κ2) is 14.2. The first-order valence-electron chi connectivity index (χ1n) is 12.7. The van der Waals surface area contributed by atoms with Gasteiger partial charge in [-0.1, -0.05) is 30.3 Å². The fourth-order valence-electron chi connectivity index (χ4n) is 3.24. The zero-order valence-electron chi connectivity index (χ0n) is 23.3. The van der Waals surface area contributed by atoms with Crippen LogP contribution in [0.25, 0.3) is 0 Å². The maximum Gasteiger partial charge on any atom is 0.329 e. The molecule has 2 atom stereocenters. The van der Waals surface area contributed by atoms with Gasteiger partial charge in [0.1, 0.15) is 35.7 Å². The number of amides is 2. The van der Waals surface area contributed by atoms with Crippen molar-refractivity contribution in [3.05, 3.63) is 41.7 Å². The van der Waals surface area contributed by atoms with Crippen molar-refractivity contribution in [3.8, 4) is 0 Å².